The van der Waals surface area contributed by atoms with Crippen molar-refractivity contribution < 1.29 is 18.8 Å². The average Bonchev–Trinajstić information content (AvgIpc) is 3.41. The van der Waals surface area contributed by atoms with Crippen molar-refractivity contribution in [1.29, 1.82) is 0 Å². The first-order valence-corrected chi connectivity index (χ1v) is 13.8. The third-order valence-electron chi connectivity index (χ3n) is 6.94. The molecule has 0 unspecified atom stereocenters. The summed E-state index contributed by atoms with van der Waals surface area (Å²) in [4.78, 5) is 39.2. The number of rotatable bonds is 18. The summed E-state index contributed by atoms with van der Waals surface area (Å²) in [7, 11) is 0. The van der Waals surface area contributed by atoms with E-state index in [-0.39, 0.29) is 34.8 Å². The number of Topliss-reactive ketones (excluding diaryl/α,β-unsaturated/α-hetero) is 1. The molecule has 0 bridgehead atoms. The van der Waals surface area contributed by atoms with Crippen molar-refractivity contribution in [3.63, 3.8) is 0 Å². The molecule has 3 rings (SSSR count). The van der Waals surface area contributed by atoms with Gasteiger partial charge >= 0.3 is 0 Å². The summed E-state index contributed by atoms with van der Waals surface area (Å²) in [6.45, 7) is 2.25. The fourth-order valence-corrected chi connectivity index (χ4v) is 4.85. The fourth-order valence-electron chi connectivity index (χ4n) is 4.85. The Bertz CT molecular complexity index is 1020. The summed E-state index contributed by atoms with van der Waals surface area (Å²) in [6, 6.07) is 5.27. The minimum Gasteiger partial charge on any atom is -0.292 e. The van der Waals surface area contributed by atoms with Crippen LogP contribution in [0.4, 0.5) is 10.1 Å². The quantitative estimate of drug-likeness (QED) is 0.129. The van der Waals surface area contributed by atoms with Gasteiger partial charge in [-0.15, -0.1) is 0 Å². The number of H-pyrrole nitrogens is 1. The lowest BCUT2D eigenvalue weighted by molar-refractivity contribution is 0.0910. The van der Waals surface area contributed by atoms with Crippen LogP contribution in [-0.2, 0) is 0 Å². The van der Waals surface area contributed by atoms with E-state index < -0.39 is 17.6 Å². The molecule has 0 fully saturated rings. The molecule has 2 aromatic rings. The normalized spacial score (nSPS) is 13.0. The molecular formula is C29H40FN3O3. The Labute approximate surface area is 214 Å². The Morgan fingerprint density at radius 3 is 1.94 bits per heavy atom. The predicted molar refractivity (Wildman–Crippen MR) is 140 cm³/mol. The van der Waals surface area contributed by atoms with E-state index in [0.717, 1.165) is 30.2 Å². The number of imide groups is 1. The maximum Gasteiger partial charge on any atom is 0.284 e. The largest absolute Gasteiger partial charge is 0.292 e. The molecule has 1 aromatic carbocycles. The van der Waals surface area contributed by atoms with Gasteiger partial charge in [0.15, 0.2) is 5.78 Å². The van der Waals surface area contributed by atoms with Gasteiger partial charge in [0.2, 0.25) is 0 Å². The van der Waals surface area contributed by atoms with E-state index in [4.69, 9.17) is 0 Å². The van der Waals surface area contributed by atoms with Gasteiger partial charge in [-0.3, -0.25) is 19.5 Å². The standard InChI is InChI=1S/C29H40FN3O3/c1-2-3-4-5-6-7-8-9-10-11-12-13-14-15-16-20-24(34)26-25-27(32-31-26)29(36)33(28(25)35)23-19-17-18-22(30)21-23/h17-19,21H,2-16,20H2,1H3,(H,31,32). The summed E-state index contributed by atoms with van der Waals surface area (Å²) in [5.41, 5.74) is 0.127. The molecule has 196 valence electrons. The number of unbranched alkanes of at least 4 members (excludes halogenated alkanes) is 14. The number of hydrogen-bond donors (Lipinski definition) is 1. The first-order chi connectivity index (χ1) is 17.5. The lowest BCUT2D eigenvalue weighted by Gasteiger charge is -2.14. The highest BCUT2D eigenvalue weighted by molar-refractivity contribution is 6.35. The van der Waals surface area contributed by atoms with Crippen LogP contribution >= 0.6 is 0 Å². The van der Waals surface area contributed by atoms with Gasteiger partial charge in [0.05, 0.1) is 5.69 Å². The minimum absolute atomic E-state index is 0.00443. The van der Waals surface area contributed by atoms with Gasteiger partial charge in [0, 0.05) is 6.42 Å². The minimum atomic E-state index is -0.644. The first-order valence-electron chi connectivity index (χ1n) is 13.8. The maximum absolute atomic E-state index is 13.6. The van der Waals surface area contributed by atoms with Crippen molar-refractivity contribution in [2.45, 2.75) is 110 Å². The Morgan fingerprint density at radius 2 is 1.39 bits per heavy atom. The average molecular weight is 498 g/mol. The molecule has 0 saturated heterocycles. The SMILES string of the molecule is CCCCCCCCCCCCCCCCCC(=O)c1n[nH]c2c1C(=O)N(c1cccc(F)c1)C2=O. The van der Waals surface area contributed by atoms with Crippen LogP contribution in [0, 0.1) is 5.82 Å². The summed E-state index contributed by atoms with van der Waals surface area (Å²) >= 11 is 0. The van der Waals surface area contributed by atoms with Crippen LogP contribution in [0.5, 0.6) is 0 Å². The number of aromatic amines is 1. The summed E-state index contributed by atoms with van der Waals surface area (Å²) in [5, 5.41) is 6.49. The maximum atomic E-state index is 13.6. The van der Waals surface area contributed by atoms with E-state index >= 15 is 0 Å². The van der Waals surface area contributed by atoms with Crippen LogP contribution in [-0.4, -0.2) is 27.8 Å². The predicted octanol–water partition coefficient (Wildman–Crippen LogP) is 7.79. The monoisotopic (exact) mass is 497 g/mol. The molecule has 0 spiro atoms. The Kier molecular flexibility index (Phi) is 11.3. The van der Waals surface area contributed by atoms with Crippen LogP contribution in [0.3, 0.4) is 0 Å². The number of carbonyl (C=O) groups excluding carboxylic acids is 3. The van der Waals surface area contributed by atoms with Gasteiger partial charge in [-0.1, -0.05) is 103 Å². The number of anilines is 1. The smallest absolute Gasteiger partial charge is 0.284 e. The molecule has 2 amide bonds. The lowest BCUT2D eigenvalue weighted by Crippen LogP contribution is -2.30. The van der Waals surface area contributed by atoms with E-state index in [2.05, 4.69) is 17.1 Å². The Morgan fingerprint density at radius 1 is 0.833 bits per heavy atom. The first kappa shape index (κ1) is 27.8. The molecule has 7 heteroatoms. The van der Waals surface area contributed by atoms with Crippen molar-refractivity contribution in [2.24, 2.45) is 0 Å². The van der Waals surface area contributed by atoms with E-state index in [9.17, 15) is 18.8 Å². The van der Waals surface area contributed by atoms with Gasteiger partial charge in [0.25, 0.3) is 11.8 Å². The zero-order chi connectivity index (χ0) is 25.8. The highest BCUT2D eigenvalue weighted by Crippen LogP contribution is 2.30. The zero-order valence-electron chi connectivity index (χ0n) is 21.6. The third-order valence-corrected chi connectivity index (χ3v) is 6.94. The van der Waals surface area contributed by atoms with Gasteiger partial charge in [-0.2, -0.15) is 5.10 Å². The third kappa shape index (κ3) is 7.58. The second-order valence-corrected chi connectivity index (χ2v) is 9.87. The van der Waals surface area contributed by atoms with Gasteiger partial charge in [-0.25, -0.2) is 9.29 Å². The van der Waals surface area contributed by atoms with Crippen molar-refractivity contribution in [3.05, 3.63) is 47.0 Å². The van der Waals surface area contributed by atoms with Crippen LogP contribution in [0.1, 0.15) is 141 Å². The fraction of sp³-hybridized carbons (Fsp3) is 0.586. The zero-order valence-corrected chi connectivity index (χ0v) is 21.6. The molecule has 36 heavy (non-hydrogen) atoms. The van der Waals surface area contributed by atoms with Crippen LogP contribution in [0.15, 0.2) is 24.3 Å². The van der Waals surface area contributed by atoms with Gasteiger partial charge in [-0.05, 0) is 24.6 Å². The summed E-state index contributed by atoms with van der Waals surface area (Å²) in [6.07, 6.45) is 19.0. The van der Waals surface area contributed by atoms with E-state index in [1.165, 1.54) is 95.2 Å². The molecule has 0 saturated carbocycles. The van der Waals surface area contributed by atoms with E-state index in [1.54, 1.807) is 0 Å². The Hall–Kier alpha value is -2.83. The number of ketones is 1. The molecule has 0 aliphatic carbocycles. The number of benzene rings is 1. The number of aromatic nitrogens is 2. The Balaban J connectivity index is 1.30. The van der Waals surface area contributed by atoms with Crippen molar-refractivity contribution in [2.75, 3.05) is 4.90 Å². The molecule has 0 radical (unpaired) electrons. The van der Waals surface area contributed by atoms with E-state index in [1.807, 2.05) is 0 Å². The van der Waals surface area contributed by atoms with Crippen LogP contribution in [0.25, 0.3) is 0 Å². The molecule has 1 aromatic heterocycles. The van der Waals surface area contributed by atoms with Crippen LogP contribution < -0.4 is 4.90 Å². The van der Waals surface area contributed by atoms with Crippen molar-refractivity contribution in [1.82, 2.24) is 10.2 Å². The second kappa shape index (κ2) is 14.7. The topological polar surface area (TPSA) is 83.1 Å². The summed E-state index contributed by atoms with van der Waals surface area (Å²) in [5.74, 6) is -2.07. The van der Waals surface area contributed by atoms with Gasteiger partial charge < -0.3 is 0 Å². The number of amides is 2. The van der Waals surface area contributed by atoms with Crippen molar-refractivity contribution >= 4 is 23.3 Å². The van der Waals surface area contributed by atoms with Crippen LogP contribution in [0.2, 0.25) is 0 Å². The molecule has 0 atom stereocenters. The molecule has 1 aliphatic heterocycles. The molecule has 1 aliphatic rings. The molecular weight excluding hydrogens is 457 g/mol. The number of halogens is 1. The highest BCUT2D eigenvalue weighted by atomic mass is 19.1. The molecule has 6 nitrogen and oxygen atoms in total. The molecule has 2 heterocycles. The summed E-state index contributed by atoms with van der Waals surface area (Å²) < 4.78 is 13.6. The second-order valence-electron chi connectivity index (χ2n) is 9.87. The van der Waals surface area contributed by atoms with Crippen molar-refractivity contribution in [3.8, 4) is 0 Å². The van der Waals surface area contributed by atoms with E-state index in [0.29, 0.717) is 0 Å². The lowest BCUT2D eigenvalue weighted by atomic mass is 10.0. The number of nitrogens with one attached hydrogen (secondary N) is 1. The number of carbonyl (C=O) groups is 3. The van der Waals surface area contributed by atoms with Gasteiger partial charge in [0.1, 0.15) is 22.8 Å². The molecule has 1 N–H and O–H groups in total. The number of fused-ring (bicyclic) bond motifs is 1. The highest BCUT2D eigenvalue weighted by Gasteiger charge is 2.42. The number of nitrogens with zero attached hydrogens (tertiary/aromatic N) is 2. The number of hydrogen-bond acceptors (Lipinski definition) is 4.